The zero-order valence-electron chi connectivity index (χ0n) is 10.5. The standard InChI is InChI=1S/C15H17FN2/c1-10-12(16)4-2-6-14(10)18-9-8-11-13(17)5-3-7-15(11)18/h2,4,6,8-9,13H,3,5,7,17H2,1H3. The lowest BCUT2D eigenvalue weighted by atomic mass is 9.93. The fourth-order valence-corrected chi connectivity index (χ4v) is 2.81. The maximum Gasteiger partial charge on any atom is 0.128 e. The van der Waals surface area contributed by atoms with Crippen molar-refractivity contribution in [2.45, 2.75) is 32.2 Å². The van der Waals surface area contributed by atoms with Crippen molar-refractivity contribution in [3.05, 3.63) is 53.1 Å². The van der Waals surface area contributed by atoms with Crippen molar-refractivity contribution in [1.29, 1.82) is 0 Å². The van der Waals surface area contributed by atoms with Crippen molar-refractivity contribution in [2.75, 3.05) is 0 Å². The first kappa shape index (κ1) is 11.5. The third kappa shape index (κ3) is 1.66. The molecule has 2 aromatic rings. The zero-order valence-corrected chi connectivity index (χ0v) is 10.5. The molecule has 1 unspecified atom stereocenters. The van der Waals surface area contributed by atoms with Gasteiger partial charge in [-0.2, -0.15) is 0 Å². The largest absolute Gasteiger partial charge is 0.324 e. The van der Waals surface area contributed by atoms with Gasteiger partial charge in [-0.15, -0.1) is 0 Å². The Morgan fingerprint density at radius 3 is 3.00 bits per heavy atom. The Labute approximate surface area is 106 Å². The summed E-state index contributed by atoms with van der Waals surface area (Å²) in [6.07, 6.45) is 5.18. The molecule has 1 aliphatic carbocycles. The fraction of sp³-hybridized carbons (Fsp3) is 0.333. The third-order valence-corrected chi connectivity index (χ3v) is 3.85. The summed E-state index contributed by atoms with van der Waals surface area (Å²) >= 11 is 0. The number of halogens is 1. The topological polar surface area (TPSA) is 30.9 Å². The van der Waals surface area contributed by atoms with E-state index in [-0.39, 0.29) is 11.9 Å². The minimum Gasteiger partial charge on any atom is -0.324 e. The molecular weight excluding hydrogens is 227 g/mol. The summed E-state index contributed by atoms with van der Waals surface area (Å²) in [7, 11) is 0. The summed E-state index contributed by atoms with van der Waals surface area (Å²) in [5.74, 6) is -0.157. The van der Waals surface area contributed by atoms with Crippen LogP contribution in [0.1, 0.15) is 35.7 Å². The molecule has 0 saturated heterocycles. The Morgan fingerprint density at radius 1 is 1.33 bits per heavy atom. The lowest BCUT2D eigenvalue weighted by molar-refractivity contribution is 0.559. The average Bonchev–Trinajstić information content (AvgIpc) is 2.78. The Morgan fingerprint density at radius 2 is 2.17 bits per heavy atom. The van der Waals surface area contributed by atoms with Crippen molar-refractivity contribution < 1.29 is 4.39 Å². The summed E-state index contributed by atoms with van der Waals surface area (Å²) in [6, 6.07) is 7.42. The number of aromatic nitrogens is 1. The van der Waals surface area contributed by atoms with Gasteiger partial charge >= 0.3 is 0 Å². The van der Waals surface area contributed by atoms with E-state index in [2.05, 4.69) is 10.6 Å². The normalized spacial score (nSPS) is 18.7. The van der Waals surface area contributed by atoms with Crippen LogP contribution in [-0.2, 0) is 6.42 Å². The van der Waals surface area contributed by atoms with Crippen molar-refractivity contribution in [3.8, 4) is 5.69 Å². The molecule has 0 radical (unpaired) electrons. The molecule has 3 heteroatoms. The zero-order chi connectivity index (χ0) is 12.7. The number of nitrogens with zero attached hydrogens (tertiary/aromatic N) is 1. The monoisotopic (exact) mass is 244 g/mol. The highest BCUT2D eigenvalue weighted by Crippen LogP contribution is 2.31. The first-order chi connectivity index (χ1) is 8.68. The number of nitrogens with two attached hydrogens (primary N) is 1. The summed E-state index contributed by atoms with van der Waals surface area (Å²) in [5.41, 5.74) is 10.2. The molecule has 2 nitrogen and oxygen atoms in total. The number of hydrogen-bond donors (Lipinski definition) is 1. The molecule has 0 saturated carbocycles. The Hall–Kier alpha value is -1.61. The molecule has 2 N–H and O–H groups in total. The minimum atomic E-state index is -0.157. The Kier molecular flexibility index (Phi) is 2.71. The van der Waals surface area contributed by atoms with Crippen LogP contribution < -0.4 is 5.73 Å². The van der Waals surface area contributed by atoms with Gasteiger partial charge in [-0.05, 0) is 49.9 Å². The predicted molar refractivity (Wildman–Crippen MR) is 70.3 cm³/mol. The molecule has 0 spiro atoms. The molecule has 1 atom stereocenters. The predicted octanol–water partition coefficient (Wildman–Crippen LogP) is 3.26. The summed E-state index contributed by atoms with van der Waals surface area (Å²) in [4.78, 5) is 0. The van der Waals surface area contributed by atoms with Crippen LogP contribution in [-0.4, -0.2) is 4.57 Å². The van der Waals surface area contributed by atoms with E-state index in [0.29, 0.717) is 5.56 Å². The molecule has 1 heterocycles. The maximum absolute atomic E-state index is 13.6. The second kappa shape index (κ2) is 4.25. The smallest absolute Gasteiger partial charge is 0.128 e. The number of fused-ring (bicyclic) bond motifs is 1. The Balaban J connectivity index is 2.16. The molecule has 1 aliphatic rings. The third-order valence-electron chi connectivity index (χ3n) is 3.85. The van der Waals surface area contributed by atoms with Gasteiger partial charge in [0.1, 0.15) is 5.82 Å². The van der Waals surface area contributed by atoms with Crippen LogP contribution in [0.2, 0.25) is 0 Å². The lowest BCUT2D eigenvalue weighted by Crippen LogP contribution is -2.18. The highest BCUT2D eigenvalue weighted by molar-refractivity contribution is 5.45. The second-order valence-corrected chi connectivity index (χ2v) is 4.97. The van der Waals surface area contributed by atoms with E-state index in [1.807, 2.05) is 19.2 Å². The molecule has 94 valence electrons. The molecule has 0 amide bonds. The SMILES string of the molecule is Cc1c(F)cccc1-n1ccc2c1CCCC2N. The molecule has 3 rings (SSSR count). The minimum absolute atomic E-state index is 0.129. The summed E-state index contributed by atoms with van der Waals surface area (Å²) < 4.78 is 15.7. The van der Waals surface area contributed by atoms with Gasteiger partial charge in [-0.25, -0.2) is 4.39 Å². The van der Waals surface area contributed by atoms with E-state index in [0.717, 1.165) is 24.9 Å². The van der Waals surface area contributed by atoms with E-state index in [4.69, 9.17) is 5.73 Å². The van der Waals surface area contributed by atoms with Crippen LogP contribution in [0, 0.1) is 12.7 Å². The molecule has 18 heavy (non-hydrogen) atoms. The Bertz CT molecular complexity index is 586. The van der Waals surface area contributed by atoms with Crippen molar-refractivity contribution in [2.24, 2.45) is 5.73 Å². The van der Waals surface area contributed by atoms with Gasteiger partial charge in [0.25, 0.3) is 0 Å². The molecule has 0 aliphatic heterocycles. The van der Waals surface area contributed by atoms with Crippen molar-refractivity contribution in [3.63, 3.8) is 0 Å². The second-order valence-electron chi connectivity index (χ2n) is 4.97. The van der Waals surface area contributed by atoms with E-state index >= 15 is 0 Å². The molecule has 0 fully saturated rings. The summed E-state index contributed by atoms with van der Waals surface area (Å²) in [5, 5.41) is 0. The van der Waals surface area contributed by atoms with Crippen molar-refractivity contribution in [1.82, 2.24) is 4.57 Å². The molecular formula is C15H17FN2. The molecule has 1 aromatic heterocycles. The number of benzene rings is 1. The lowest BCUT2D eigenvalue weighted by Gasteiger charge is -2.21. The number of rotatable bonds is 1. The average molecular weight is 244 g/mol. The van der Waals surface area contributed by atoms with Crippen LogP contribution in [0.5, 0.6) is 0 Å². The van der Waals surface area contributed by atoms with Gasteiger partial charge in [0.05, 0.1) is 5.69 Å². The van der Waals surface area contributed by atoms with Gasteiger partial charge in [0.2, 0.25) is 0 Å². The van der Waals surface area contributed by atoms with E-state index < -0.39 is 0 Å². The van der Waals surface area contributed by atoms with E-state index in [9.17, 15) is 4.39 Å². The van der Waals surface area contributed by atoms with Crippen LogP contribution >= 0.6 is 0 Å². The highest BCUT2D eigenvalue weighted by atomic mass is 19.1. The van der Waals surface area contributed by atoms with Gasteiger partial charge in [-0.3, -0.25) is 0 Å². The fourth-order valence-electron chi connectivity index (χ4n) is 2.81. The van der Waals surface area contributed by atoms with Crippen LogP contribution in [0.15, 0.2) is 30.5 Å². The first-order valence-corrected chi connectivity index (χ1v) is 6.39. The quantitative estimate of drug-likeness (QED) is 0.820. The summed E-state index contributed by atoms with van der Waals surface area (Å²) in [6.45, 7) is 1.82. The van der Waals surface area contributed by atoms with Gasteiger partial charge in [-0.1, -0.05) is 6.07 Å². The molecule has 0 bridgehead atoms. The van der Waals surface area contributed by atoms with Crippen LogP contribution in [0.3, 0.4) is 0 Å². The van der Waals surface area contributed by atoms with Crippen LogP contribution in [0.4, 0.5) is 4.39 Å². The maximum atomic E-state index is 13.6. The van der Waals surface area contributed by atoms with Gasteiger partial charge in [0.15, 0.2) is 0 Å². The number of hydrogen-bond acceptors (Lipinski definition) is 1. The van der Waals surface area contributed by atoms with E-state index in [1.54, 1.807) is 6.07 Å². The van der Waals surface area contributed by atoms with Gasteiger partial charge in [0, 0.05) is 23.5 Å². The molecule has 1 aromatic carbocycles. The van der Waals surface area contributed by atoms with E-state index in [1.165, 1.54) is 17.3 Å². The van der Waals surface area contributed by atoms with Crippen LogP contribution in [0.25, 0.3) is 5.69 Å². The van der Waals surface area contributed by atoms with Crippen molar-refractivity contribution >= 4 is 0 Å². The van der Waals surface area contributed by atoms with Gasteiger partial charge < -0.3 is 10.3 Å². The first-order valence-electron chi connectivity index (χ1n) is 6.39. The highest BCUT2D eigenvalue weighted by Gasteiger charge is 2.21.